The van der Waals surface area contributed by atoms with E-state index in [1.807, 2.05) is 31.2 Å². The topological polar surface area (TPSA) is 67.2 Å². The molecule has 2 atom stereocenters. The molecule has 2 unspecified atom stereocenters. The van der Waals surface area contributed by atoms with Crippen LogP contribution in [0.4, 0.5) is 4.39 Å². The summed E-state index contributed by atoms with van der Waals surface area (Å²) in [6.07, 6.45) is 0.640. The van der Waals surface area contributed by atoms with Crippen LogP contribution in [0.3, 0.4) is 0 Å². The van der Waals surface area contributed by atoms with Gasteiger partial charge in [0.1, 0.15) is 11.5 Å². The van der Waals surface area contributed by atoms with Gasteiger partial charge in [0.15, 0.2) is 0 Å². The molecule has 1 aromatic heterocycles. The Kier molecular flexibility index (Phi) is 4.82. The maximum absolute atomic E-state index is 13.7. The van der Waals surface area contributed by atoms with Crippen molar-refractivity contribution in [2.24, 2.45) is 7.05 Å². The summed E-state index contributed by atoms with van der Waals surface area (Å²) in [6.45, 7) is 4.08. The molecule has 2 amide bonds. The van der Waals surface area contributed by atoms with Gasteiger partial charge in [0.25, 0.3) is 11.8 Å². The lowest BCUT2D eigenvalue weighted by Gasteiger charge is -2.21. The summed E-state index contributed by atoms with van der Waals surface area (Å²) in [5, 5.41) is 8.21. The van der Waals surface area contributed by atoms with Crippen LogP contribution in [-0.2, 0) is 7.05 Å². The minimum Gasteiger partial charge on any atom is -0.346 e. The van der Waals surface area contributed by atoms with Crippen LogP contribution in [0.5, 0.6) is 0 Å². The first-order valence-electron chi connectivity index (χ1n) is 9.64. The lowest BCUT2D eigenvalue weighted by molar-refractivity contribution is 0.0740. The van der Waals surface area contributed by atoms with Crippen molar-refractivity contribution < 1.29 is 14.0 Å². The second-order valence-corrected chi connectivity index (χ2v) is 7.72. The van der Waals surface area contributed by atoms with Crippen LogP contribution in [0.15, 0.2) is 42.5 Å². The van der Waals surface area contributed by atoms with Crippen molar-refractivity contribution in [2.45, 2.75) is 32.4 Å². The standard InChI is InChI=1S/C22H23FN4O2/c1-13-8-15(11-16(23)9-13)22(29)27-12-17(10-14(27)2)24-21(28)20-18-6-4-5-7-19(18)25-26(20)3/h4-9,11,14,17H,10,12H2,1-3H3,(H,24,28). The van der Waals surface area contributed by atoms with Crippen molar-refractivity contribution in [2.75, 3.05) is 6.54 Å². The van der Waals surface area contributed by atoms with Gasteiger partial charge in [0, 0.05) is 36.6 Å². The first-order valence-corrected chi connectivity index (χ1v) is 9.64. The van der Waals surface area contributed by atoms with E-state index < -0.39 is 5.82 Å². The second-order valence-electron chi connectivity index (χ2n) is 7.72. The molecule has 1 fully saturated rings. The molecule has 4 rings (SSSR count). The average molecular weight is 394 g/mol. The summed E-state index contributed by atoms with van der Waals surface area (Å²) in [5.41, 5.74) is 2.30. The first kappa shape index (κ1) is 19.1. The molecule has 0 saturated carbocycles. The van der Waals surface area contributed by atoms with Crippen LogP contribution in [0.1, 0.15) is 39.8 Å². The van der Waals surface area contributed by atoms with E-state index in [0.717, 1.165) is 10.9 Å². The number of hydrogen-bond donors (Lipinski definition) is 1. The van der Waals surface area contributed by atoms with Gasteiger partial charge >= 0.3 is 0 Å². The number of carbonyl (C=O) groups excluding carboxylic acids is 2. The van der Waals surface area contributed by atoms with Crippen LogP contribution < -0.4 is 5.32 Å². The third-order valence-electron chi connectivity index (χ3n) is 5.42. The Hall–Kier alpha value is -3.22. The van der Waals surface area contributed by atoms with E-state index >= 15 is 0 Å². The SMILES string of the molecule is Cc1cc(F)cc(C(=O)N2CC(NC(=O)c3c4ccccc4nn3C)CC2C)c1. The van der Waals surface area contributed by atoms with Gasteiger partial charge in [0.05, 0.1) is 5.52 Å². The highest BCUT2D eigenvalue weighted by Gasteiger charge is 2.34. The number of fused-ring (bicyclic) bond motifs is 1. The first-order chi connectivity index (χ1) is 13.8. The van der Waals surface area contributed by atoms with Gasteiger partial charge in [-0.25, -0.2) is 4.39 Å². The van der Waals surface area contributed by atoms with E-state index in [9.17, 15) is 14.0 Å². The largest absolute Gasteiger partial charge is 0.346 e. The number of aryl methyl sites for hydroxylation is 2. The lowest BCUT2D eigenvalue weighted by atomic mass is 10.1. The fourth-order valence-electron chi connectivity index (χ4n) is 4.11. The highest BCUT2D eigenvalue weighted by molar-refractivity contribution is 6.05. The number of aromatic nitrogens is 2. The minimum absolute atomic E-state index is 0.0559. The molecule has 2 heterocycles. The van der Waals surface area contributed by atoms with Crippen LogP contribution in [0.2, 0.25) is 0 Å². The Morgan fingerprint density at radius 1 is 1.21 bits per heavy atom. The Labute approximate surface area is 168 Å². The summed E-state index contributed by atoms with van der Waals surface area (Å²) >= 11 is 0. The van der Waals surface area contributed by atoms with Crippen LogP contribution in [-0.4, -0.2) is 45.1 Å². The number of halogens is 1. The zero-order valence-electron chi connectivity index (χ0n) is 16.6. The molecule has 150 valence electrons. The van der Waals surface area contributed by atoms with Crippen molar-refractivity contribution in [3.8, 4) is 0 Å². The molecule has 6 nitrogen and oxygen atoms in total. The second kappa shape index (κ2) is 7.31. The van der Waals surface area contributed by atoms with E-state index in [-0.39, 0.29) is 23.9 Å². The molecule has 7 heteroatoms. The van der Waals surface area contributed by atoms with Crippen LogP contribution in [0, 0.1) is 12.7 Å². The zero-order valence-corrected chi connectivity index (χ0v) is 16.6. The van der Waals surface area contributed by atoms with Gasteiger partial charge in [-0.3, -0.25) is 14.3 Å². The third kappa shape index (κ3) is 3.60. The van der Waals surface area contributed by atoms with Crippen molar-refractivity contribution >= 4 is 22.7 Å². The van der Waals surface area contributed by atoms with E-state index in [1.165, 1.54) is 12.1 Å². The number of nitrogens with zero attached hydrogens (tertiary/aromatic N) is 3. The van der Waals surface area contributed by atoms with Gasteiger partial charge in [-0.05, 0) is 50.1 Å². The van der Waals surface area contributed by atoms with Crippen LogP contribution >= 0.6 is 0 Å². The fourth-order valence-corrected chi connectivity index (χ4v) is 4.11. The Bertz CT molecular complexity index is 1090. The Balaban J connectivity index is 1.50. The van der Waals surface area contributed by atoms with Crippen LogP contribution in [0.25, 0.3) is 10.9 Å². The highest BCUT2D eigenvalue weighted by Crippen LogP contribution is 2.23. The van der Waals surface area contributed by atoms with E-state index in [1.54, 1.807) is 29.6 Å². The number of hydrogen-bond acceptors (Lipinski definition) is 3. The van der Waals surface area contributed by atoms with Gasteiger partial charge in [0.2, 0.25) is 0 Å². The Morgan fingerprint density at radius 2 is 1.97 bits per heavy atom. The molecular formula is C22H23FN4O2. The van der Waals surface area contributed by atoms with Crippen molar-refractivity contribution in [3.63, 3.8) is 0 Å². The van der Waals surface area contributed by atoms with E-state index in [0.29, 0.717) is 29.8 Å². The molecule has 0 spiro atoms. The maximum atomic E-state index is 13.7. The van der Waals surface area contributed by atoms with Crippen molar-refractivity contribution in [1.82, 2.24) is 20.0 Å². The molecule has 0 aliphatic carbocycles. The fraction of sp³-hybridized carbons (Fsp3) is 0.318. The predicted molar refractivity (Wildman–Crippen MR) is 108 cm³/mol. The Morgan fingerprint density at radius 3 is 2.72 bits per heavy atom. The average Bonchev–Trinajstić information content (AvgIpc) is 3.18. The molecule has 1 aliphatic heterocycles. The highest BCUT2D eigenvalue weighted by atomic mass is 19.1. The monoisotopic (exact) mass is 394 g/mol. The molecule has 1 N–H and O–H groups in total. The molecule has 1 aliphatic rings. The quantitative estimate of drug-likeness (QED) is 0.743. The number of nitrogens with one attached hydrogen (secondary N) is 1. The summed E-state index contributed by atoms with van der Waals surface area (Å²) in [6, 6.07) is 11.6. The van der Waals surface area contributed by atoms with Crippen molar-refractivity contribution in [1.29, 1.82) is 0 Å². The van der Waals surface area contributed by atoms with Gasteiger partial charge < -0.3 is 10.2 Å². The smallest absolute Gasteiger partial charge is 0.270 e. The number of likely N-dealkylation sites (tertiary alicyclic amines) is 1. The van der Waals surface area contributed by atoms with E-state index in [2.05, 4.69) is 10.4 Å². The lowest BCUT2D eigenvalue weighted by Crippen LogP contribution is -2.39. The molecule has 3 aromatic rings. The molecule has 0 radical (unpaired) electrons. The molecule has 2 aromatic carbocycles. The van der Waals surface area contributed by atoms with E-state index in [4.69, 9.17) is 0 Å². The van der Waals surface area contributed by atoms with Gasteiger partial charge in [-0.15, -0.1) is 0 Å². The number of amides is 2. The zero-order chi connectivity index (χ0) is 20.7. The summed E-state index contributed by atoms with van der Waals surface area (Å²) in [7, 11) is 1.74. The molecule has 1 saturated heterocycles. The maximum Gasteiger partial charge on any atom is 0.270 e. The van der Waals surface area contributed by atoms with Gasteiger partial charge in [-0.2, -0.15) is 5.10 Å². The van der Waals surface area contributed by atoms with Gasteiger partial charge in [-0.1, -0.05) is 18.2 Å². The molecule has 29 heavy (non-hydrogen) atoms. The number of benzene rings is 2. The number of rotatable bonds is 3. The number of carbonyl (C=O) groups is 2. The summed E-state index contributed by atoms with van der Waals surface area (Å²) in [5.74, 6) is -0.856. The summed E-state index contributed by atoms with van der Waals surface area (Å²) < 4.78 is 15.3. The molecular weight excluding hydrogens is 371 g/mol. The predicted octanol–water partition coefficient (Wildman–Crippen LogP) is 3.05. The molecule has 0 bridgehead atoms. The minimum atomic E-state index is -0.423. The normalized spacial score (nSPS) is 19.0. The summed E-state index contributed by atoms with van der Waals surface area (Å²) in [4.78, 5) is 27.5. The third-order valence-corrected chi connectivity index (χ3v) is 5.42. The van der Waals surface area contributed by atoms with Crippen molar-refractivity contribution in [3.05, 3.63) is 65.1 Å².